The smallest absolute Gasteiger partial charge is 0.261 e. The van der Waals surface area contributed by atoms with Gasteiger partial charge in [-0.05, 0) is 19.1 Å². The molecule has 0 atom stereocenters. The van der Waals surface area contributed by atoms with E-state index < -0.39 is 0 Å². The molecule has 0 aliphatic carbocycles. The summed E-state index contributed by atoms with van der Waals surface area (Å²) in [6.45, 7) is 2.64. The summed E-state index contributed by atoms with van der Waals surface area (Å²) in [4.78, 5) is 20.2. The molecule has 7 nitrogen and oxygen atoms in total. The standard InChI is InChI=1S/C11H14N6O/c1-3-12-9-8(5-4-6-13-9)10(18)16-11-14-7-15-17(11)2/h4-7H,3H2,1-2H3,(H,12,13)(H,14,15,16,18). The number of pyridine rings is 1. The lowest BCUT2D eigenvalue weighted by molar-refractivity contribution is 0.102. The number of nitrogens with zero attached hydrogens (tertiary/aromatic N) is 4. The lowest BCUT2D eigenvalue weighted by Gasteiger charge is -2.09. The van der Waals surface area contributed by atoms with E-state index in [0.717, 1.165) is 0 Å². The summed E-state index contributed by atoms with van der Waals surface area (Å²) >= 11 is 0. The van der Waals surface area contributed by atoms with Crippen LogP contribution in [-0.2, 0) is 7.05 Å². The molecule has 7 heteroatoms. The minimum atomic E-state index is -0.268. The van der Waals surface area contributed by atoms with Gasteiger partial charge in [-0.25, -0.2) is 9.67 Å². The maximum atomic E-state index is 12.1. The zero-order valence-corrected chi connectivity index (χ0v) is 10.2. The predicted molar refractivity (Wildman–Crippen MR) is 67.4 cm³/mol. The van der Waals surface area contributed by atoms with Gasteiger partial charge in [-0.3, -0.25) is 10.1 Å². The van der Waals surface area contributed by atoms with Crippen molar-refractivity contribution in [1.29, 1.82) is 0 Å². The Kier molecular flexibility index (Phi) is 3.52. The van der Waals surface area contributed by atoms with E-state index in [0.29, 0.717) is 23.9 Å². The second-order valence-electron chi connectivity index (χ2n) is 3.59. The van der Waals surface area contributed by atoms with Crippen molar-refractivity contribution in [2.24, 2.45) is 7.05 Å². The molecule has 0 saturated carbocycles. The van der Waals surface area contributed by atoms with Crippen molar-refractivity contribution in [3.63, 3.8) is 0 Å². The van der Waals surface area contributed by atoms with Gasteiger partial charge in [0.05, 0.1) is 5.56 Å². The highest BCUT2D eigenvalue weighted by Gasteiger charge is 2.13. The van der Waals surface area contributed by atoms with E-state index in [2.05, 4.69) is 25.7 Å². The molecule has 2 heterocycles. The van der Waals surface area contributed by atoms with Gasteiger partial charge in [-0.15, -0.1) is 0 Å². The van der Waals surface area contributed by atoms with Gasteiger partial charge in [0.25, 0.3) is 5.91 Å². The fourth-order valence-electron chi connectivity index (χ4n) is 1.48. The van der Waals surface area contributed by atoms with Gasteiger partial charge in [0.2, 0.25) is 5.95 Å². The van der Waals surface area contributed by atoms with Crippen LogP contribution in [0.4, 0.5) is 11.8 Å². The Morgan fingerprint density at radius 2 is 2.28 bits per heavy atom. The fourth-order valence-corrected chi connectivity index (χ4v) is 1.48. The van der Waals surface area contributed by atoms with Crippen LogP contribution in [0.2, 0.25) is 0 Å². The number of nitrogens with one attached hydrogen (secondary N) is 2. The second-order valence-corrected chi connectivity index (χ2v) is 3.59. The Bertz CT molecular complexity index is 550. The number of aromatic nitrogens is 4. The molecular weight excluding hydrogens is 232 g/mol. The quantitative estimate of drug-likeness (QED) is 0.837. The normalized spacial score (nSPS) is 10.1. The van der Waals surface area contributed by atoms with Gasteiger partial charge in [-0.1, -0.05) is 0 Å². The van der Waals surface area contributed by atoms with Crippen molar-refractivity contribution in [3.8, 4) is 0 Å². The molecule has 2 rings (SSSR count). The van der Waals surface area contributed by atoms with Gasteiger partial charge in [0.15, 0.2) is 0 Å². The van der Waals surface area contributed by atoms with E-state index >= 15 is 0 Å². The first-order chi connectivity index (χ1) is 8.72. The summed E-state index contributed by atoms with van der Waals surface area (Å²) < 4.78 is 1.49. The molecule has 0 aromatic carbocycles. The number of carbonyl (C=O) groups excluding carboxylic acids is 1. The van der Waals surface area contributed by atoms with Crippen LogP contribution >= 0.6 is 0 Å². The van der Waals surface area contributed by atoms with Gasteiger partial charge in [0.1, 0.15) is 12.1 Å². The van der Waals surface area contributed by atoms with Gasteiger partial charge < -0.3 is 5.32 Å². The number of hydrogen-bond acceptors (Lipinski definition) is 5. The average Bonchev–Trinajstić information content (AvgIpc) is 2.76. The van der Waals surface area contributed by atoms with Crippen LogP contribution in [0.5, 0.6) is 0 Å². The average molecular weight is 246 g/mol. The Labute approximate surface area is 104 Å². The monoisotopic (exact) mass is 246 g/mol. The van der Waals surface area contributed by atoms with Crippen molar-refractivity contribution in [3.05, 3.63) is 30.2 Å². The first-order valence-corrected chi connectivity index (χ1v) is 5.56. The van der Waals surface area contributed by atoms with E-state index in [1.807, 2.05) is 6.92 Å². The van der Waals surface area contributed by atoms with Crippen molar-refractivity contribution >= 4 is 17.7 Å². The minimum absolute atomic E-state index is 0.268. The van der Waals surface area contributed by atoms with E-state index in [9.17, 15) is 4.79 Å². The number of aryl methyl sites for hydroxylation is 1. The van der Waals surface area contributed by atoms with Crippen molar-refractivity contribution in [2.75, 3.05) is 17.2 Å². The van der Waals surface area contributed by atoms with Crippen LogP contribution < -0.4 is 10.6 Å². The van der Waals surface area contributed by atoms with E-state index in [4.69, 9.17) is 0 Å². The Balaban J connectivity index is 2.21. The summed E-state index contributed by atoms with van der Waals surface area (Å²) in [6.07, 6.45) is 3.02. The number of hydrogen-bond donors (Lipinski definition) is 2. The van der Waals surface area contributed by atoms with Crippen LogP contribution in [0.15, 0.2) is 24.7 Å². The molecule has 0 fully saturated rings. The predicted octanol–water partition coefficient (Wildman–Crippen LogP) is 0.894. The molecule has 0 aliphatic heterocycles. The summed E-state index contributed by atoms with van der Waals surface area (Å²) in [6, 6.07) is 3.42. The highest BCUT2D eigenvalue weighted by Crippen LogP contribution is 2.13. The zero-order chi connectivity index (χ0) is 13.0. The molecule has 18 heavy (non-hydrogen) atoms. The molecule has 0 unspecified atom stereocenters. The lowest BCUT2D eigenvalue weighted by atomic mass is 10.2. The number of rotatable bonds is 4. The fraction of sp³-hybridized carbons (Fsp3) is 0.273. The molecule has 0 aliphatic rings. The number of carbonyl (C=O) groups is 1. The molecular formula is C11H14N6O. The van der Waals surface area contributed by atoms with E-state index in [1.54, 1.807) is 25.4 Å². The van der Waals surface area contributed by atoms with Gasteiger partial charge >= 0.3 is 0 Å². The van der Waals surface area contributed by atoms with Gasteiger partial charge in [0, 0.05) is 19.8 Å². The molecule has 0 saturated heterocycles. The van der Waals surface area contributed by atoms with Crippen LogP contribution in [-0.4, -0.2) is 32.2 Å². The molecule has 94 valence electrons. The maximum absolute atomic E-state index is 12.1. The third-order valence-corrected chi connectivity index (χ3v) is 2.33. The van der Waals surface area contributed by atoms with Crippen LogP contribution in [0.1, 0.15) is 17.3 Å². The molecule has 0 bridgehead atoms. The van der Waals surface area contributed by atoms with Crippen molar-refractivity contribution in [2.45, 2.75) is 6.92 Å². The molecule has 1 amide bonds. The summed E-state index contributed by atoms with van der Waals surface area (Å²) in [5, 5.41) is 9.59. The maximum Gasteiger partial charge on any atom is 0.261 e. The largest absolute Gasteiger partial charge is 0.370 e. The molecule has 0 spiro atoms. The summed E-state index contributed by atoms with van der Waals surface area (Å²) in [7, 11) is 1.71. The molecule has 2 N–H and O–H groups in total. The van der Waals surface area contributed by atoms with Crippen LogP contribution in [0.25, 0.3) is 0 Å². The number of amides is 1. The third-order valence-electron chi connectivity index (χ3n) is 2.33. The topological polar surface area (TPSA) is 84.7 Å². The first kappa shape index (κ1) is 12.0. The Morgan fingerprint density at radius 3 is 2.94 bits per heavy atom. The third kappa shape index (κ3) is 2.45. The van der Waals surface area contributed by atoms with Crippen LogP contribution in [0.3, 0.4) is 0 Å². The zero-order valence-electron chi connectivity index (χ0n) is 10.2. The van der Waals surface area contributed by atoms with Gasteiger partial charge in [-0.2, -0.15) is 10.1 Å². The minimum Gasteiger partial charge on any atom is -0.370 e. The van der Waals surface area contributed by atoms with Crippen LogP contribution in [0, 0.1) is 0 Å². The summed E-state index contributed by atoms with van der Waals surface area (Å²) in [5.74, 6) is 0.682. The van der Waals surface area contributed by atoms with E-state index in [1.165, 1.54) is 11.0 Å². The number of anilines is 2. The highest BCUT2D eigenvalue weighted by atomic mass is 16.1. The second kappa shape index (κ2) is 5.26. The highest BCUT2D eigenvalue weighted by molar-refractivity contribution is 6.06. The first-order valence-electron chi connectivity index (χ1n) is 5.56. The summed E-state index contributed by atoms with van der Waals surface area (Å²) in [5.41, 5.74) is 0.474. The Morgan fingerprint density at radius 1 is 1.44 bits per heavy atom. The van der Waals surface area contributed by atoms with E-state index in [-0.39, 0.29) is 5.91 Å². The SMILES string of the molecule is CCNc1ncccc1C(=O)Nc1ncnn1C. The molecule has 2 aromatic heterocycles. The lowest BCUT2D eigenvalue weighted by Crippen LogP contribution is -2.18. The molecule has 0 radical (unpaired) electrons. The molecule has 2 aromatic rings. The van der Waals surface area contributed by atoms with Crippen molar-refractivity contribution in [1.82, 2.24) is 19.7 Å². The Hall–Kier alpha value is -2.44. The van der Waals surface area contributed by atoms with Crippen molar-refractivity contribution < 1.29 is 4.79 Å².